The van der Waals surface area contributed by atoms with Gasteiger partial charge in [-0.3, -0.25) is 0 Å². The molecule has 0 saturated carbocycles. The van der Waals surface area contributed by atoms with E-state index in [9.17, 15) is 0 Å². The number of nitrogens with two attached hydrogens (primary N) is 1. The summed E-state index contributed by atoms with van der Waals surface area (Å²) in [6.45, 7) is 6.87. The van der Waals surface area contributed by atoms with Crippen molar-refractivity contribution < 1.29 is 9.47 Å². The molecule has 1 fully saturated rings. The number of piperidine rings is 1. The Kier molecular flexibility index (Phi) is 3.17. The summed E-state index contributed by atoms with van der Waals surface area (Å²) in [6, 6.07) is 4.45. The van der Waals surface area contributed by atoms with Gasteiger partial charge in [0.1, 0.15) is 13.2 Å². The van der Waals surface area contributed by atoms with Gasteiger partial charge in [-0.05, 0) is 25.7 Å². The van der Waals surface area contributed by atoms with Crippen molar-refractivity contribution >= 4 is 11.4 Å². The maximum absolute atomic E-state index is 6.21. The lowest BCUT2D eigenvalue weighted by Crippen LogP contribution is -2.42. The summed E-state index contributed by atoms with van der Waals surface area (Å²) >= 11 is 0. The number of nitrogens with zero attached hydrogens (tertiary/aromatic N) is 1. The number of benzene rings is 1. The normalized spacial score (nSPS) is 26.3. The second-order valence-electron chi connectivity index (χ2n) is 5.61. The van der Waals surface area contributed by atoms with Crippen molar-refractivity contribution in [2.45, 2.75) is 32.7 Å². The summed E-state index contributed by atoms with van der Waals surface area (Å²) < 4.78 is 11.2. The SMILES string of the molecule is CC1CCCN(c2cc3c(cc2N)OCCO3)C1C. The fourth-order valence-corrected chi connectivity index (χ4v) is 3.02. The molecule has 0 amide bonds. The molecule has 0 aliphatic carbocycles. The molecule has 2 unspecified atom stereocenters. The molecule has 2 aliphatic heterocycles. The van der Waals surface area contributed by atoms with Gasteiger partial charge in [-0.2, -0.15) is 0 Å². The minimum Gasteiger partial charge on any atom is -0.486 e. The third-order valence-corrected chi connectivity index (χ3v) is 4.37. The first-order valence-electron chi connectivity index (χ1n) is 7.12. The molecule has 1 saturated heterocycles. The molecule has 104 valence electrons. The van der Waals surface area contributed by atoms with E-state index in [1.54, 1.807) is 0 Å². The van der Waals surface area contributed by atoms with Gasteiger partial charge in [-0.25, -0.2) is 0 Å². The van der Waals surface area contributed by atoms with E-state index < -0.39 is 0 Å². The van der Waals surface area contributed by atoms with Crippen molar-refractivity contribution in [3.63, 3.8) is 0 Å². The summed E-state index contributed by atoms with van der Waals surface area (Å²) in [7, 11) is 0. The maximum atomic E-state index is 6.21. The molecule has 2 aliphatic rings. The largest absolute Gasteiger partial charge is 0.486 e. The molecule has 19 heavy (non-hydrogen) atoms. The van der Waals surface area contributed by atoms with Crippen molar-refractivity contribution in [1.82, 2.24) is 0 Å². The topological polar surface area (TPSA) is 47.7 Å². The highest BCUT2D eigenvalue weighted by molar-refractivity contribution is 5.73. The fourth-order valence-electron chi connectivity index (χ4n) is 3.02. The molecule has 2 N–H and O–H groups in total. The molecule has 1 aromatic carbocycles. The first-order chi connectivity index (χ1) is 9.16. The smallest absolute Gasteiger partial charge is 0.163 e. The van der Waals surface area contributed by atoms with E-state index in [0.717, 1.165) is 29.4 Å². The van der Waals surface area contributed by atoms with Crippen molar-refractivity contribution in [3.8, 4) is 11.5 Å². The molecule has 0 aromatic heterocycles. The van der Waals surface area contributed by atoms with Gasteiger partial charge in [0.25, 0.3) is 0 Å². The highest BCUT2D eigenvalue weighted by Gasteiger charge is 2.27. The number of nitrogen functional groups attached to an aromatic ring is 1. The van der Waals surface area contributed by atoms with Gasteiger partial charge in [0, 0.05) is 24.7 Å². The number of hydrogen-bond donors (Lipinski definition) is 1. The molecule has 2 heterocycles. The van der Waals surface area contributed by atoms with Crippen LogP contribution in [0.5, 0.6) is 11.5 Å². The standard InChI is InChI=1S/C15H22N2O2/c1-10-4-3-5-17(11(10)2)13-9-15-14(8-12(13)16)18-6-7-19-15/h8-11H,3-7,16H2,1-2H3. The average Bonchev–Trinajstić information content (AvgIpc) is 2.41. The Labute approximate surface area is 114 Å². The van der Waals surface area contributed by atoms with Crippen LogP contribution in [0.15, 0.2) is 12.1 Å². The van der Waals surface area contributed by atoms with E-state index in [1.165, 1.54) is 12.8 Å². The second kappa shape index (κ2) is 4.83. The first-order valence-corrected chi connectivity index (χ1v) is 7.12. The van der Waals surface area contributed by atoms with Gasteiger partial charge in [0.05, 0.1) is 11.4 Å². The minimum atomic E-state index is 0.513. The Morgan fingerprint density at radius 3 is 2.58 bits per heavy atom. The van der Waals surface area contributed by atoms with Gasteiger partial charge in [-0.15, -0.1) is 0 Å². The van der Waals surface area contributed by atoms with Crippen molar-refractivity contribution in [2.75, 3.05) is 30.4 Å². The molecule has 0 radical (unpaired) electrons. The number of hydrogen-bond acceptors (Lipinski definition) is 4. The average molecular weight is 262 g/mol. The number of anilines is 2. The lowest BCUT2D eigenvalue weighted by atomic mass is 9.91. The predicted molar refractivity (Wildman–Crippen MR) is 77.1 cm³/mol. The molecule has 1 aromatic rings. The van der Waals surface area contributed by atoms with E-state index in [4.69, 9.17) is 15.2 Å². The van der Waals surface area contributed by atoms with Crippen LogP contribution in [0, 0.1) is 5.92 Å². The molecule has 0 spiro atoms. The van der Waals surface area contributed by atoms with Gasteiger partial charge < -0.3 is 20.1 Å². The highest BCUT2D eigenvalue weighted by atomic mass is 16.6. The second-order valence-corrected chi connectivity index (χ2v) is 5.61. The Morgan fingerprint density at radius 1 is 1.16 bits per heavy atom. The third-order valence-electron chi connectivity index (χ3n) is 4.37. The van der Waals surface area contributed by atoms with Gasteiger partial charge in [-0.1, -0.05) is 6.92 Å². The third kappa shape index (κ3) is 2.20. The lowest BCUT2D eigenvalue weighted by molar-refractivity contribution is 0.171. The van der Waals surface area contributed by atoms with Crippen molar-refractivity contribution in [1.29, 1.82) is 0 Å². The Balaban J connectivity index is 1.95. The van der Waals surface area contributed by atoms with Crippen LogP contribution in [0.1, 0.15) is 26.7 Å². The number of ether oxygens (including phenoxy) is 2. The zero-order valence-corrected chi connectivity index (χ0v) is 11.7. The van der Waals surface area contributed by atoms with Crippen LogP contribution >= 0.6 is 0 Å². The van der Waals surface area contributed by atoms with Crippen LogP contribution < -0.4 is 20.1 Å². The molecule has 2 atom stereocenters. The first kappa shape index (κ1) is 12.5. The maximum Gasteiger partial charge on any atom is 0.163 e. The van der Waals surface area contributed by atoms with E-state index in [-0.39, 0.29) is 0 Å². The van der Waals surface area contributed by atoms with Gasteiger partial charge >= 0.3 is 0 Å². The Hall–Kier alpha value is -1.58. The molecule has 4 heteroatoms. The van der Waals surface area contributed by atoms with Crippen LogP contribution in [0.2, 0.25) is 0 Å². The molecular formula is C15H22N2O2. The van der Waals surface area contributed by atoms with Crippen LogP contribution in [-0.4, -0.2) is 25.8 Å². The molecular weight excluding hydrogens is 240 g/mol. The summed E-state index contributed by atoms with van der Waals surface area (Å²) in [4.78, 5) is 2.40. The number of rotatable bonds is 1. The van der Waals surface area contributed by atoms with Gasteiger partial charge in [0.15, 0.2) is 11.5 Å². The Morgan fingerprint density at radius 2 is 1.84 bits per heavy atom. The van der Waals surface area contributed by atoms with Crippen LogP contribution in [0.3, 0.4) is 0 Å². The predicted octanol–water partition coefficient (Wildman–Crippen LogP) is 2.66. The molecule has 3 rings (SSSR count). The lowest BCUT2D eigenvalue weighted by Gasteiger charge is -2.40. The molecule has 4 nitrogen and oxygen atoms in total. The molecule has 0 bridgehead atoms. The summed E-state index contributed by atoms with van der Waals surface area (Å²) in [5.41, 5.74) is 8.07. The quantitative estimate of drug-likeness (QED) is 0.790. The van der Waals surface area contributed by atoms with Crippen LogP contribution in [-0.2, 0) is 0 Å². The van der Waals surface area contributed by atoms with Gasteiger partial charge in [0.2, 0.25) is 0 Å². The summed E-state index contributed by atoms with van der Waals surface area (Å²) in [5, 5.41) is 0. The van der Waals surface area contributed by atoms with E-state index in [2.05, 4.69) is 18.7 Å². The summed E-state index contributed by atoms with van der Waals surface area (Å²) in [6.07, 6.45) is 2.52. The van der Waals surface area contributed by atoms with E-state index >= 15 is 0 Å². The monoisotopic (exact) mass is 262 g/mol. The Bertz CT molecular complexity index is 475. The minimum absolute atomic E-state index is 0.513. The number of fused-ring (bicyclic) bond motifs is 1. The zero-order chi connectivity index (χ0) is 13.4. The van der Waals surface area contributed by atoms with Crippen molar-refractivity contribution in [3.05, 3.63) is 12.1 Å². The zero-order valence-electron chi connectivity index (χ0n) is 11.7. The van der Waals surface area contributed by atoms with E-state index in [0.29, 0.717) is 25.2 Å². The van der Waals surface area contributed by atoms with E-state index in [1.807, 2.05) is 12.1 Å². The van der Waals surface area contributed by atoms with Crippen LogP contribution in [0.25, 0.3) is 0 Å². The highest BCUT2D eigenvalue weighted by Crippen LogP contribution is 2.41. The fraction of sp³-hybridized carbons (Fsp3) is 0.600. The van der Waals surface area contributed by atoms with Crippen LogP contribution in [0.4, 0.5) is 11.4 Å². The summed E-state index contributed by atoms with van der Waals surface area (Å²) in [5.74, 6) is 2.28. The van der Waals surface area contributed by atoms with Crippen molar-refractivity contribution in [2.24, 2.45) is 5.92 Å².